The highest BCUT2D eigenvalue weighted by molar-refractivity contribution is 6.21. The largest absolute Gasteiger partial charge is 0.393 e. The van der Waals surface area contributed by atoms with Crippen molar-refractivity contribution in [3.63, 3.8) is 0 Å². The zero-order valence-corrected chi connectivity index (χ0v) is 66.4. The summed E-state index contributed by atoms with van der Waals surface area (Å²) in [6.07, 6.45) is 0.270. The number of carbonyl (C=O) groups is 12. The lowest BCUT2D eigenvalue weighted by atomic mass is 9.78. The Morgan fingerprint density at radius 1 is 0.619 bits per heavy atom. The third-order valence-corrected chi connectivity index (χ3v) is 25.1. The molecule has 4 aliphatic carbocycles. The zero-order chi connectivity index (χ0) is 78.6. The van der Waals surface area contributed by atoms with E-state index in [1.807, 2.05) is 27.7 Å². The second-order valence-corrected chi connectivity index (χ2v) is 33.3. The van der Waals surface area contributed by atoms with Crippen LogP contribution in [0.5, 0.6) is 0 Å². The van der Waals surface area contributed by atoms with Gasteiger partial charge in [-0.05, 0) is 132 Å². The average Bonchev–Trinajstić information content (AvgIpc) is 1.73. The number of hydrogen-bond acceptors (Lipinski definition) is 12. The Balaban J connectivity index is 1.48. The maximum Gasteiger partial charge on any atom is 0.393 e. The molecule has 0 radical (unpaired) electrons. The molecule has 596 valence electrons. The van der Waals surface area contributed by atoms with Crippen LogP contribution in [0.4, 0.5) is 17.6 Å². The van der Waals surface area contributed by atoms with E-state index in [9.17, 15) is 46.7 Å². The number of hydrogen-bond donors (Lipinski definition) is 3. The van der Waals surface area contributed by atoms with E-state index in [-0.39, 0.29) is 95.4 Å². The van der Waals surface area contributed by atoms with Gasteiger partial charge in [0.15, 0.2) is 0 Å². The van der Waals surface area contributed by atoms with Crippen LogP contribution in [0.15, 0.2) is 0 Å². The normalized spacial score (nSPS) is 32.4. The summed E-state index contributed by atoms with van der Waals surface area (Å²) in [5.74, 6) is -12.1. The van der Waals surface area contributed by atoms with Gasteiger partial charge in [0.2, 0.25) is 70.9 Å². The molecule has 24 nitrogen and oxygen atoms in total. The van der Waals surface area contributed by atoms with Gasteiger partial charge in [0.25, 0.3) is 0 Å². The first-order valence-corrected chi connectivity index (χ1v) is 39.2. The molecule has 0 aromatic rings. The highest BCUT2D eigenvalue weighted by Crippen LogP contribution is 2.44. The molecule has 105 heavy (non-hydrogen) atoms. The van der Waals surface area contributed by atoms with Gasteiger partial charge in [-0.3, -0.25) is 57.5 Å². The average molecular weight is 1510 g/mol. The zero-order valence-electron chi connectivity index (χ0n) is 65.7. The van der Waals surface area contributed by atoms with Gasteiger partial charge in [0.1, 0.15) is 66.1 Å². The number of carbonyl (C=O) groups excluding carboxylic acids is 12. The van der Waals surface area contributed by atoms with Gasteiger partial charge < -0.3 is 60.0 Å². The van der Waals surface area contributed by atoms with Crippen molar-refractivity contribution >= 4 is 82.5 Å². The molecule has 0 aromatic carbocycles. The van der Waals surface area contributed by atoms with Crippen LogP contribution in [0.2, 0.25) is 0 Å². The molecular weight excluding hydrogens is 1380 g/mol. The third-order valence-electron chi connectivity index (χ3n) is 24.6. The Bertz CT molecular complexity index is 3060. The first-order valence-electron chi connectivity index (χ1n) is 38.8. The molecule has 29 heteroatoms. The van der Waals surface area contributed by atoms with Crippen LogP contribution in [0.1, 0.15) is 209 Å². The van der Waals surface area contributed by atoms with Gasteiger partial charge in [-0.2, -0.15) is 13.2 Å². The van der Waals surface area contributed by atoms with Crippen molar-refractivity contribution in [2.75, 3.05) is 76.5 Å². The summed E-state index contributed by atoms with van der Waals surface area (Å²) in [6.45, 7) is 14.0. The van der Waals surface area contributed by atoms with Crippen molar-refractivity contribution in [3.05, 3.63) is 0 Å². The summed E-state index contributed by atoms with van der Waals surface area (Å²) >= 11 is 6.45. The second kappa shape index (κ2) is 38.1. The number of halogens is 5. The lowest BCUT2D eigenvalue weighted by Gasteiger charge is -2.45. The second-order valence-electron chi connectivity index (χ2n) is 32.7. The summed E-state index contributed by atoms with van der Waals surface area (Å²) in [4.78, 5) is 192. The monoisotopic (exact) mass is 1510 g/mol. The molecule has 2 aliphatic heterocycles. The maximum atomic E-state index is 16.3. The molecule has 1 spiro atoms. The van der Waals surface area contributed by atoms with Crippen LogP contribution in [0.3, 0.4) is 0 Å². The quantitative estimate of drug-likeness (QED) is 0.112. The molecule has 0 aromatic heterocycles. The van der Waals surface area contributed by atoms with E-state index in [4.69, 9.17) is 11.6 Å². The van der Waals surface area contributed by atoms with Crippen LogP contribution in [-0.2, 0) is 57.5 Å². The van der Waals surface area contributed by atoms with Crippen LogP contribution < -0.4 is 16.0 Å². The van der Waals surface area contributed by atoms with Crippen LogP contribution in [-0.4, -0.2) is 269 Å². The number of fused-ring (bicyclic) bond motifs is 1. The molecule has 5 unspecified atom stereocenters. The fourth-order valence-electron chi connectivity index (χ4n) is 16.8. The van der Waals surface area contributed by atoms with E-state index in [1.54, 1.807) is 13.8 Å². The Morgan fingerprint density at radius 2 is 1.22 bits per heavy atom. The van der Waals surface area contributed by atoms with Crippen LogP contribution >= 0.6 is 11.6 Å². The molecule has 2 saturated heterocycles. The maximum absolute atomic E-state index is 16.3. The summed E-state index contributed by atoms with van der Waals surface area (Å²) in [7, 11) is 12.7. The summed E-state index contributed by atoms with van der Waals surface area (Å²) in [5.41, 5.74) is -1.70. The highest BCUT2D eigenvalue weighted by Gasteiger charge is 2.52. The topological polar surface area (TPSA) is 270 Å². The van der Waals surface area contributed by atoms with E-state index in [0.717, 1.165) is 40.4 Å². The molecule has 6 rings (SSSR count). The number of nitrogens with zero attached hydrogens (tertiary/aromatic N) is 9. The van der Waals surface area contributed by atoms with E-state index in [2.05, 4.69) is 22.9 Å². The molecule has 16 atom stereocenters. The fraction of sp³-hybridized carbons (Fsp3) is 0.842. The number of rotatable bonds is 14. The molecule has 6 fully saturated rings. The van der Waals surface area contributed by atoms with Gasteiger partial charge in [0.05, 0.1) is 18.9 Å². The smallest absolute Gasteiger partial charge is 0.347 e. The summed E-state index contributed by atoms with van der Waals surface area (Å²) < 4.78 is 58.7. The molecule has 2 heterocycles. The van der Waals surface area contributed by atoms with Crippen molar-refractivity contribution in [1.82, 2.24) is 60.0 Å². The van der Waals surface area contributed by atoms with Gasteiger partial charge in [0, 0.05) is 75.4 Å². The van der Waals surface area contributed by atoms with Crippen molar-refractivity contribution in [3.8, 4) is 0 Å². The van der Waals surface area contributed by atoms with Gasteiger partial charge >= 0.3 is 6.18 Å². The molecule has 0 bridgehead atoms. The Hall–Kier alpha value is -6.35. The molecule has 6 aliphatic rings. The minimum absolute atomic E-state index is 0.0120. The van der Waals surface area contributed by atoms with E-state index in [0.29, 0.717) is 50.9 Å². The molecule has 4 saturated carbocycles. The SMILES string of the molecule is CC[C@H](C)[C@@H]1NC(=O)[C@H](CC(C)C)N(C)C(=O)C[C@@H](C(=O)N(C)C)N(C)C(=O)[C@H]([C@@H](C)CC)N(C)C(=O)C2(CCCC2)NC(=O)[C@H](CC2CCCCC2F)N(C)C(=O)[C@H](CCC2CCC(C(F)(F)F)C(Cl)C2)NC(=O)CN(C)C(=O)[C@H](CC2CCC(C)CC2)N(C)C(=O)[C@@H]2CCN2C(=O)[C@H](C)N(C)C1=O. The minimum atomic E-state index is -4.55. The minimum Gasteiger partial charge on any atom is -0.347 e. The number of alkyl halides is 5. The van der Waals surface area contributed by atoms with Crippen LogP contribution in [0.25, 0.3) is 0 Å². The lowest BCUT2D eigenvalue weighted by Crippen LogP contribution is -2.65. The first-order chi connectivity index (χ1) is 49.1. The molecule has 12 amide bonds. The third kappa shape index (κ3) is 21.5. The van der Waals surface area contributed by atoms with Crippen molar-refractivity contribution in [2.45, 2.75) is 287 Å². The summed E-state index contributed by atoms with van der Waals surface area (Å²) in [6, 6.07) is -11.6. The van der Waals surface area contributed by atoms with Crippen molar-refractivity contribution < 1.29 is 75.1 Å². The highest BCUT2D eigenvalue weighted by atomic mass is 35.5. The van der Waals surface area contributed by atoms with Gasteiger partial charge in [-0.15, -0.1) is 11.6 Å². The van der Waals surface area contributed by atoms with E-state index >= 15 is 28.4 Å². The predicted molar refractivity (Wildman–Crippen MR) is 391 cm³/mol. The Labute approximate surface area is 625 Å². The van der Waals surface area contributed by atoms with E-state index in [1.165, 1.54) is 99.8 Å². The number of likely N-dealkylation sites (N-methyl/N-ethyl adjacent to an activating group) is 8. The van der Waals surface area contributed by atoms with Crippen molar-refractivity contribution in [2.24, 2.45) is 47.3 Å². The summed E-state index contributed by atoms with van der Waals surface area (Å²) in [5, 5.41) is 7.49. The Morgan fingerprint density at radius 3 is 1.77 bits per heavy atom. The van der Waals surface area contributed by atoms with Gasteiger partial charge in [-0.1, -0.05) is 113 Å². The van der Waals surface area contributed by atoms with Crippen molar-refractivity contribution in [1.29, 1.82) is 0 Å². The van der Waals surface area contributed by atoms with E-state index < -0.39 is 191 Å². The first kappa shape index (κ1) is 87.6. The van der Waals surface area contributed by atoms with Crippen LogP contribution in [0, 0.1) is 47.3 Å². The lowest BCUT2D eigenvalue weighted by molar-refractivity contribution is -0.182. The number of amides is 12. The Kier molecular flexibility index (Phi) is 31.8. The number of nitrogens with one attached hydrogen (secondary N) is 3. The standard InChI is InChI=1S/C76H125ClF4N12O12/c1-18-46(6)63-72(103)87(12)48(8)67(98)93-37-34-56(93)71(102)90(15)59(40-50-28-26-45(5)27-29-50)70(101)86(11)43-61(94)82-55(33-31-49-30-32-52(53(77)39-49)76(79,80)81)68(99)89(14)58(41-51-24-20-21-25-54(51)78)66(97)84-75(35-22-23-36-75)74(105)92(17)64(47(7)19-2)73(104)91(16)60(69(100)85(9)10)42-62(95)88(13)57(38-44(3)4)65(96)83-63/h44-60,63-64H,18-43H2,1-17H3,(H,82,94)(H,83,96)(H,84,97)/t45?,46-,47-,48-,49?,50?,51?,52?,53?,54?,55-,56-,57-,58-,59-,60-,63-,64-/m0/s1. The predicted octanol–water partition coefficient (Wildman–Crippen LogP) is 7.56. The van der Waals surface area contributed by atoms with Gasteiger partial charge in [-0.25, -0.2) is 4.39 Å². The molecular formula is C76H125ClF4N12O12. The molecule has 3 N–H and O–H groups in total. The fourth-order valence-corrected chi connectivity index (χ4v) is 17.3.